The lowest BCUT2D eigenvalue weighted by molar-refractivity contribution is -0.139. The van der Waals surface area contributed by atoms with Crippen molar-refractivity contribution in [2.24, 2.45) is 5.41 Å². The molecule has 10 nitrogen and oxygen atoms in total. The van der Waals surface area contributed by atoms with E-state index >= 15 is 0 Å². The summed E-state index contributed by atoms with van der Waals surface area (Å²) >= 11 is 0. The van der Waals surface area contributed by atoms with Crippen molar-refractivity contribution < 1.29 is 19.2 Å². The molecule has 1 atom stereocenters. The van der Waals surface area contributed by atoms with Crippen LogP contribution in [0.3, 0.4) is 0 Å². The molecule has 2 heterocycles. The highest BCUT2D eigenvalue weighted by atomic mass is 16.2. The smallest absolute Gasteiger partial charge is 0.249 e. The molecule has 1 aliphatic rings. The van der Waals surface area contributed by atoms with E-state index in [4.69, 9.17) is 5.10 Å². The maximum Gasteiger partial charge on any atom is 0.249 e. The van der Waals surface area contributed by atoms with Gasteiger partial charge in [0.25, 0.3) is 0 Å². The molecule has 1 saturated heterocycles. The van der Waals surface area contributed by atoms with Crippen molar-refractivity contribution in [3.8, 4) is 6.07 Å². The average molecular weight is 585 g/mol. The van der Waals surface area contributed by atoms with Crippen LogP contribution in [0.15, 0.2) is 42.7 Å². The second kappa shape index (κ2) is 12.8. The topological polar surface area (TPSA) is 128 Å². The van der Waals surface area contributed by atoms with Gasteiger partial charge in [0.15, 0.2) is 0 Å². The fraction of sp³-hybridized carbons (Fsp3) is 0.455. The first-order valence-corrected chi connectivity index (χ1v) is 14.7. The summed E-state index contributed by atoms with van der Waals surface area (Å²) in [5, 5.41) is 18.1. The average Bonchev–Trinajstić information content (AvgIpc) is 3.48. The molecule has 0 aliphatic carbocycles. The van der Waals surface area contributed by atoms with E-state index in [1.165, 1.54) is 4.90 Å². The number of anilines is 1. The second-order valence-corrected chi connectivity index (χ2v) is 12.2. The largest absolute Gasteiger partial charge is 0.341 e. The van der Waals surface area contributed by atoms with E-state index in [0.717, 1.165) is 40.3 Å². The quantitative estimate of drug-likeness (QED) is 0.336. The first kappa shape index (κ1) is 31.4. The predicted molar refractivity (Wildman–Crippen MR) is 164 cm³/mol. The van der Waals surface area contributed by atoms with Crippen molar-refractivity contribution >= 4 is 41.1 Å². The van der Waals surface area contributed by atoms with Crippen LogP contribution in [0, 0.1) is 23.7 Å². The monoisotopic (exact) mass is 584 g/mol. The van der Waals surface area contributed by atoms with Gasteiger partial charge in [-0.25, -0.2) is 0 Å². The Balaban J connectivity index is 1.60. The molecule has 1 N–H and O–H groups in total. The SMILES string of the molecule is CCCC(C(=O)NC=O)N(C=O)c1ccc(Cc2cnn(C3(C)CCN(C(=O)C(C)(C)C#N)CC3)c2)c2cccc(C)c12. The Morgan fingerprint density at radius 2 is 1.93 bits per heavy atom. The number of hydrogen-bond acceptors (Lipinski definition) is 6. The number of amides is 4. The predicted octanol–water partition coefficient (Wildman–Crippen LogP) is 4.23. The zero-order valence-corrected chi connectivity index (χ0v) is 25.6. The summed E-state index contributed by atoms with van der Waals surface area (Å²) < 4.78 is 2.00. The summed E-state index contributed by atoms with van der Waals surface area (Å²) in [6, 6.07) is 11.1. The normalized spacial score (nSPS) is 15.4. The number of imide groups is 1. The van der Waals surface area contributed by atoms with Gasteiger partial charge in [-0.1, -0.05) is 37.6 Å². The van der Waals surface area contributed by atoms with Gasteiger partial charge in [-0.3, -0.25) is 29.2 Å². The van der Waals surface area contributed by atoms with Crippen LogP contribution >= 0.6 is 0 Å². The zero-order valence-electron chi connectivity index (χ0n) is 25.6. The molecule has 4 rings (SSSR count). The number of benzene rings is 2. The number of carbonyl (C=O) groups excluding carboxylic acids is 4. The number of nitrogens with one attached hydrogen (secondary N) is 1. The molecule has 43 heavy (non-hydrogen) atoms. The number of piperidine rings is 1. The molecule has 1 aromatic heterocycles. The number of aryl methyl sites for hydroxylation is 1. The van der Waals surface area contributed by atoms with Gasteiger partial charge < -0.3 is 9.80 Å². The summed E-state index contributed by atoms with van der Waals surface area (Å²) in [5.74, 6) is -0.651. The van der Waals surface area contributed by atoms with Crippen molar-refractivity contribution in [2.75, 3.05) is 18.0 Å². The molecule has 2 aromatic carbocycles. The third-order valence-electron chi connectivity index (χ3n) is 8.64. The lowest BCUT2D eigenvalue weighted by Gasteiger charge is -2.41. The molecule has 0 spiro atoms. The number of fused-ring (bicyclic) bond motifs is 1. The Bertz CT molecular complexity index is 1560. The maximum atomic E-state index is 12.8. The van der Waals surface area contributed by atoms with Gasteiger partial charge in [-0.15, -0.1) is 0 Å². The van der Waals surface area contributed by atoms with Crippen LogP contribution in [0.4, 0.5) is 5.69 Å². The van der Waals surface area contributed by atoms with Crippen LogP contribution in [-0.4, -0.2) is 58.4 Å². The highest BCUT2D eigenvalue weighted by Crippen LogP contribution is 2.35. The van der Waals surface area contributed by atoms with Crippen LogP contribution in [0.2, 0.25) is 0 Å². The van der Waals surface area contributed by atoms with Crippen LogP contribution in [0.5, 0.6) is 0 Å². The number of nitriles is 1. The maximum absolute atomic E-state index is 12.8. The number of nitrogens with zero attached hydrogens (tertiary/aromatic N) is 5. The molecule has 1 aliphatic heterocycles. The molecule has 0 radical (unpaired) electrons. The van der Waals surface area contributed by atoms with E-state index in [2.05, 4.69) is 24.5 Å². The van der Waals surface area contributed by atoms with E-state index in [9.17, 15) is 24.4 Å². The van der Waals surface area contributed by atoms with E-state index in [1.807, 2.05) is 55.1 Å². The fourth-order valence-corrected chi connectivity index (χ4v) is 5.95. The summed E-state index contributed by atoms with van der Waals surface area (Å²) in [4.78, 5) is 52.1. The number of aromatic nitrogens is 2. The van der Waals surface area contributed by atoms with Crippen LogP contribution < -0.4 is 10.2 Å². The first-order valence-electron chi connectivity index (χ1n) is 14.7. The summed E-state index contributed by atoms with van der Waals surface area (Å²) in [5.41, 5.74) is 2.38. The zero-order chi connectivity index (χ0) is 31.4. The van der Waals surface area contributed by atoms with Crippen LogP contribution in [0.25, 0.3) is 10.8 Å². The number of rotatable bonds is 11. The van der Waals surface area contributed by atoms with Crippen molar-refractivity contribution in [1.29, 1.82) is 5.26 Å². The van der Waals surface area contributed by atoms with Crippen LogP contribution in [0.1, 0.15) is 70.1 Å². The summed E-state index contributed by atoms with van der Waals surface area (Å²) in [6.07, 6.45) is 8.09. The summed E-state index contributed by atoms with van der Waals surface area (Å²) in [6.45, 7) is 10.5. The fourth-order valence-electron chi connectivity index (χ4n) is 5.95. The Labute approximate surface area is 252 Å². The minimum absolute atomic E-state index is 0.137. The Morgan fingerprint density at radius 1 is 1.21 bits per heavy atom. The third-order valence-corrected chi connectivity index (χ3v) is 8.64. The lowest BCUT2D eigenvalue weighted by atomic mass is 9.87. The van der Waals surface area contributed by atoms with Gasteiger partial charge in [0, 0.05) is 31.1 Å². The van der Waals surface area contributed by atoms with Crippen molar-refractivity contribution in [1.82, 2.24) is 20.0 Å². The van der Waals surface area contributed by atoms with Gasteiger partial charge in [0.05, 0.1) is 23.5 Å². The molecule has 10 heteroatoms. The van der Waals surface area contributed by atoms with E-state index in [0.29, 0.717) is 50.9 Å². The van der Waals surface area contributed by atoms with Gasteiger partial charge in [-0.2, -0.15) is 10.4 Å². The Kier molecular flexibility index (Phi) is 9.34. The number of hydrogen-bond donors (Lipinski definition) is 1. The first-order chi connectivity index (χ1) is 20.5. The molecular weight excluding hydrogens is 544 g/mol. The molecule has 3 aromatic rings. The summed E-state index contributed by atoms with van der Waals surface area (Å²) in [7, 11) is 0. The number of likely N-dealkylation sites (tertiary alicyclic amines) is 1. The molecule has 0 saturated carbocycles. The van der Waals surface area contributed by atoms with E-state index in [-0.39, 0.29) is 11.4 Å². The lowest BCUT2D eigenvalue weighted by Crippen LogP contribution is -2.50. The minimum Gasteiger partial charge on any atom is -0.341 e. The highest BCUT2D eigenvalue weighted by Gasteiger charge is 2.38. The number of carbonyl (C=O) groups is 4. The van der Waals surface area contributed by atoms with Gasteiger partial charge in [-0.05, 0) is 75.1 Å². The van der Waals surface area contributed by atoms with E-state index in [1.54, 1.807) is 18.7 Å². The van der Waals surface area contributed by atoms with E-state index < -0.39 is 17.4 Å². The third kappa shape index (κ3) is 6.31. The van der Waals surface area contributed by atoms with Gasteiger partial charge in [0.1, 0.15) is 11.5 Å². The van der Waals surface area contributed by atoms with Crippen LogP contribution in [-0.2, 0) is 31.1 Å². The highest BCUT2D eigenvalue weighted by molar-refractivity contribution is 6.05. The minimum atomic E-state index is -1.04. The standard InChI is InChI=1S/C33H40N6O4/c1-6-8-28(30(42)35-21-40)38(22-41)27-12-11-25(26-10-7-9-23(2)29(26)27)17-24-18-36-39(19-24)33(5)13-15-37(16-14-33)31(43)32(3,4)20-34/h7,9-12,18-19,21-22,28H,6,8,13-17H2,1-5H3,(H,35,40,42). The molecule has 226 valence electrons. The van der Waals surface area contributed by atoms with Crippen molar-refractivity contribution in [2.45, 2.75) is 78.3 Å². The molecular formula is C33H40N6O4. The molecule has 1 unspecified atom stereocenters. The van der Waals surface area contributed by atoms with Gasteiger partial charge in [0.2, 0.25) is 24.6 Å². The molecule has 1 fully saturated rings. The second-order valence-electron chi connectivity index (χ2n) is 12.2. The Hall–Kier alpha value is -4.52. The van der Waals surface area contributed by atoms with Crippen molar-refractivity contribution in [3.63, 3.8) is 0 Å². The van der Waals surface area contributed by atoms with Gasteiger partial charge >= 0.3 is 0 Å². The van der Waals surface area contributed by atoms with Crippen molar-refractivity contribution in [3.05, 3.63) is 59.4 Å². The Morgan fingerprint density at radius 3 is 2.56 bits per heavy atom. The molecule has 0 bridgehead atoms. The molecule has 4 amide bonds.